The van der Waals surface area contributed by atoms with Crippen molar-refractivity contribution in [1.29, 1.82) is 0 Å². The second kappa shape index (κ2) is 17.1. The van der Waals surface area contributed by atoms with Gasteiger partial charge < -0.3 is 0 Å². The van der Waals surface area contributed by atoms with Gasteiger partial charge in [0, 0.05) is 66.1 Å². The number of hydrogen-bond donors (Lipinski definition) is 0. The maximum absolute atomic E-state index is 9.41. The molecule has 0 aliphatic heterocycles. The molecule has 6 heterocycles. The van der Waals surface area contributed by atoms with Crippen LogP contribution in [0.4, 0.5) is 0 Å². The average Bonchev–Trinajstić information content (AvgIpc) is 1.31. The summed E-state index contributed by atoms with van der Waals surface area (Å²) in [4.78, 5) is 31.0. The van der Waals surface area contributed by atoms with Gasteiger partial charge >= 0.3 is 0 Å². The van der Waals surface area contributed by atoms with Crippen molar-refractivity contribution in [3.63, 3.8) is 0 Å². The molecule has 3 aliphatic carbocycles. The Labute approximate surface area is 502 Å². The summed E-state index contributed by atoms with van der Waals surface area (Å²) in [6.07, 6.45) is 0. The van der Waals surface area contributed by atoms with Crippen molar-refractivity contribution in [3.8, 4) is 46.6 Å². The quantitative estimate of drug-likeness (QED) is 0.165. The van der Waals surface area contributed by atoms with E-state index in [1.807, 2.05) is 112 Å². The van der Waals surface area contributed by atoms with Crippen molar-refractivity contribution in [2.24, 2.45) is 0 Å². The summed E-state index contributed by atoms with van der Waals surface area (Å²) in [7, 11) is 0. The van der Waals surface area contributed by atoms with E-state index in [-0.39, 0.29) is 85.0 Å². The van der Waals surface area contributed by atoms with Crippen LogP contribution in [-0.2, 0) is 0 Å². The minimum absolute atomic E-state index is 0.104. The van der Waals surface area contributed by atoms with Crippen molar-refractivity contribution in [2.45, 2.75) is 11.8 Å². The molecular formula is C74H44N10. The molecule has 390 valence electrons. The molecule has 20 rings (SSSR count). The summed E-state index contributed by atoms with van der Waals surface area (Å²) in [5.41, 5.74) is 9.75. The van der Waals surface area contributed by atoms with E-state index in [0.717, 1.165) is 54.9 Å². The van der Waals surface area contributed by atoms with Crippen molar-refractivity contribution >= 4 is 87.2 Å². The molecular weight excluding hydrogens is 1030 g/mol. The van der Waals surface area contributed by atoms with E-state index in [1.165, 1.54) is 9.13 Å². The first-order valence-electron chi connectivity index (χ1n) is 35.2. The summed E-state index contributed by atoms with van der Waals surface area (Å²) in [5.74, 6) is -0.541. The van der Waals surface area contributed by atoms with Crippen LogP contribution in [0.1, 0.15) is 67.1 Å². The van der Waals surface area contributed by atoms with Gasteiger partial charge in [0.25, 0.3) is 0 Å². The number of fused-ring (bicyclic) bond motifs is 12. The molecule has 2 bridgehead atoms. The molecule has 3 aliphatic rings. The molecule has 6 aromatic heterocycles. The van der Waals surface area contributed by atoms with Gasteiger partial charge in [-0.05, 0) is 81.8 Å². The van der Waals surface area contributed by atoms with Gasteiger partial charge in [-0.2, -0.15) is 29.9 Å². The highest BCUT2D eigenvalue weighted by Gasteiger charge is 2.45. The fourth-order valence-electron chi connectivity index (χ4n) is 13.5. The molecule has 17 aromatic rings. The Hall–Kier alpha value is -11.4. The zero-order chi connectivity index (χ0) is 68.6. The monoisotopic (exact) mass is 1090 g/mol. The summed E-state index contributed by atoms with van der Waals surface area (Å²) in [6, 6.07) is 42.5. The minimum Gasteiger partial charge on any atom is -0.278 e. The number of aromatic nitrogens is 10. The van der Waals surface area contributed by atoms with E-state index in [2.05, 4.69) is 54.6 Å². The lowest BCUT2D eigenvalue weighted by molar-refractivity contribution is 0.767. The Bertz CT molecular complexity index is 6120. The van der Waals surface area contributed by atoms with Crippen molar-refractivity contribution in [3.05, 3.63) is 288 Å². The van der Waals surface area contributed by atoms with Crippen LogP contribution in [0, 0.1) is 0 Å². The van der Waals surface area contributed by atoms with Crippen LogP contribution in [-0.4, -0.2) is 48.2 Å². The molecule has 10 nitrogen and oxygen atoms in total. The topological polar surface area (TPSA) is 97.1 Å². The second-order valence-electron chi connectivity index (χ2n) is 20.9. The molecule has 10 heteroatoms. The molecule has 0 N–H and O–H groups in total. The number of benzene rings is 11. The molecule has 84 heavy (non-hydrogen) atoms. The maximum atomic E-state index is 9.41. The van der Waals surface area contributed by atoms with E-state index in [4.69, 9.17) is 40.9 Å². The Morgan fingerprint density at radius 2 is 0.595 bits per heavy atom. The minimum atomic E-state index is -0.585. The normalized spacial score (nSPS) is 17.1. The fraction of sp³-hybridized carbons (Fsp3) is 0.0270. The third-order valence-corrected chi connectivity index (χ3v) is 16.8. The molecule has 11 aromatic carbocycles. The van der Waals surface area contributed by atoms with Gasteiger partial charge in [0.2, 0.25) is 23.8 Å². The number of hydrogen-bond acceptors (Lipinski definition) is 6. The smallest absolute Gasteiger partial charge is 0.240 e. The zero-order valence-electron chi connectivity index (χ0n) is 59.6. The Kier molecular flexibility index (Phi) is 6.67. The van der Waals surface area contributed by atoms with E-state index in [0.29, 0.717) is 33.2 Å². The van der Waals surface area contributed by atoms with E-state index < -0.39 is 103 Å². The van der Waals surface area contributed by atoms with Crippen LogP contribution in [0.25, 0.3) is 134 Å². The van der Waals surface area contributed by atoms with E-state index >= 15 is 0 Å². The van der Waals surface area contributed by atoms with Crippen LogP contribution in [0.2, 0.25) is 0 Å². The molecule has 0 radical (unpaired) electrons. The van der Waals surface area contributed by atoms with Crippen LogP contribution in [0.3, 0.4) is 0 Å². The third kappa shape index (κ3) is 6.17. The number of rotatable bonds is 6. The molecule has 0 amide bonds. The SMILES string of the molecule is [2H]c1c([2H])c([2H])c2c(c1[2H])c1c([2H])c([2H])c([2H])c([2H])c1n2-c1nc(-c2ccccc2)nc(-n2c3ccccc3c3c4c(ccc32)C2c3ccccc3C4c3c2ccc2c3c3ccccc3n2-c2nc(-c3ccccc3)nc(-n3c4c([2H])c([2H])c([2H])c([2H])c4c4c([2H])c([2H])c([2H])c([2H])c43)n2)n1. The van der Waals surface area contributed by atoms with Gasteiger partial charge in [-0.15, -0.1) is 0 Å². The largest absolute Gasteiger partial charge is 0.278 e. The lowest BCUT2D eigenvalue weighted by atomic mass is 9.59. The first-order chi connectivity index (χ1) is 48.4. The van der Waals surface area contributed by atoms with Crippen molar-refractivity contribution < 1.29 is 21.9 Å². The number of para-hydroxylation sites is 6. The molecule has 0 unspecified atom stereocenters. The van der Waals surface area contributed by atoms with Crippen LogP contribution >= 0.6 is 0 Å². The fourth-order valence-corrected chi connectivity index (χ4v) is 13.5. The summed E-state index contributed by atoms with van der Waals surface area (Å²) >= 11 is 0. The highest BCUT2D eigenvalue weighted by atomic mass is 15.3. The first-order valence-corrected chi connectivity index (χ1v) is 27.2. The number of nitrogens with zero attached hydrogens (tertiary/aromatic N) is 10. The summed E-state index contributed by atoms with van der Waals surface area (Å²) in [5, 5.41) is 3.00. The van der Waals surface area contributed by atoms with Crippen LogP contribution in [0.15, 0.2) is 254 Å². The predicted octanol–water partition coefficient (Wildman–Crippen LogP) is 16.8. The Morgan fingerprint density at radius 1 is 0.262 bits per heavy atom. The van der Waals surface area contributed by atoms with Crippen molar-refractivity contribution in [2.75, 3.05) is 0 Å². The summed E-state index contributed by atoms with van der Waals surface area (Å²) in [6.45, 7) is 0. The van der Waals surface area contributed by atoms with Gasteiger partial charge in [-0.25, -0.2) is 0 Å². The lowest BCUT2D eigenvalue weighted by Gasteiger charge is -2.43. The predicted molar refractivity (Wildman–Crippen MR) is 336 cm³/mol. The second-order valence-corrected chi connectivity index (χ2v) is 20.9. The van der Waals surface area contributed by atoms with Crippen LogP contribution in [0.5, 0.6) is 0 Å². The maximum Gasteiger partial charge on any atom is 0.240 e. The standard InChI is InChI=1S/C74H44N10/c1-3-21-43(22-4-1)69-75-71(81-55-33-15-9-25-45(55)46-26-10-16-34-56(46)81)79-73(77-69)83-59-37-19-13-31-51(59)64-61(83)41-39-53-63-49-29-7-8-30-50(49)66(67(53)64)68-54(63)40-42-62-65(68)52-32-14-20-38-60(52)84(62)74-78-70(44-23-5-2-6-24-44)76-72(80-74)82-57-35-17-11-27-47(57)48-28-12-18-36-58(48)82/h1-42,63,66H/i9D,10D,11D,12D,15D,16D,17D,18D,25D,26D,27D,28D,33D,34D,35D,36D. The van der Waals surface area contributed by atoms with Gasteiger partial charge in [-0.3, -0.25) is 18.3 Å². The average molecular weight is 1090 g/mol. The van der Waals surface area contributed by atoms with E-state index in [1.54, 1.807) is 0 Å². The molecule has 0 saturated heterocycles. The highest BCUT2D eigenvalue weighted by Crippen LogP contribution is 2.60. The van der Waals surface area contributed by atoms with E-state index in [9.17, 15) is 11.0 Å². The van der Waals surface area contributed by atoms with Crippen molar-refractivity contribution in [1.82, 2.24) is 48.2 Å². The molecule has 0 fully saturated rings. The molecule has 0 saturated carbocycles. The third-order valence-electron chi connectivity index (χ3n) is 16.8. The highest BCUT2D eigenvalue weighted by molar-refractivity contribution is 6.16. The first kappa shape index (κ1) is 32.8. The zero-order valence-corrected chi connectivity index (χ0v) is 43.6. The summed E-state index contributed by atoms with van der Waals surface area (Å²) < 4.78 is 152. The lowest BCUT2D eigenvalue weighted by Crippen LogP contribution is -2.28. The van der Waals surface area contributed by atoms with Gasteiger partial charge in [0.05, 0.1) is 66.1 Å². The molecule has 0 spiro atoms. The Balaban J connectivity index is 0.887. The van der Waals surface area contributed by atoms with Gasteiger partial charge in [0.15, 0.2) is 11.6 Å². The van der Waals surface area contributed by atoms with Crippen LogP contribution < -0.4 is 0 Å². The van der Waals surface area contributed by atoms with Gasteiger partial charge in [-0.1, -0.05) is 206 Å². The molecule has 0 atom stereocenters. The Morgan fingerprint density at radius 3 is 1.00 bits per heavy atom. The van der Waals surface area contributed by atoms with Gasteiger partial charge in [0.1, 0.15) is 0 Å².